The molecular weight excluding hydrogens is 460 g/mol. The van der Waals surface area contributed by atoms with Crippen molar-refractivity contribution in [3.63, 3.8) is 0 Å². The Labute approximate surface area is 207 Å². The number of aryl methyl sites for hydroxylation is 2. The monoisotopic (exact) mass is 490 g/mol. The van der Waals surface area contributed by atoms with Crippen molar-refractivity contribution >= 4 is 21.4 Å². The van der Waals surface area contributed by atoms with E-state index < -0.39 is 10.0 Å². The normalized spacial score (nSPS) is 20.5. The van der Waals surface area contributed by atoms with Crippen LogP contribution in [-0.4, -0.2) is 22.6 Å². The molecule has 0 spiro atoms. The SMILES string of the molecule is COc1cccc([C@H]2Nc3ccc(S(=O)(=O)Nc4cc(C)ccc4C)cc3[C@H]3C=CC[C@H]32)c1OC. The molecule has 0 radical (unpaired) electrons. The molecule has 0 fully saturated rings. The third-order valence-corrected chi connectivity index (χ3v) is 8.41. The number of allylic oxidation sites excluding steroid dienone is 2. The number of fused-ring (bicyclic) bond motifs is 3. The number of ether oxygens (including phenoxy) is 2. The standard InChI is InChI=1S/C28H30N2O4S/c1-17-11-12-18(2)25(15-17)30-35(31,32)19-13-14-24-23(16-19)20-7-5-8-21(20)27(29-24)22-9-6-10-26(33-3)28(22)34-4/h5-7,9-16,20-21,27,29-30H,8H2,1-4H3/t20-,21+,27-/m0/s1. The van der Waals surface area contributed by atoms with Gasteiger partial charge in [-0.15, -0.1) is 0 Å². The summed E-state index contributed by atoms with van der Waals surface area (Å²) in [5.74, 6) is 1.74. The lowest BCUT2D eigenvalue weighted by molar-refractivity contribution is 0.341. The van der Waals surface area contributed by atoms with E-state index in [4.69, 9.17) is 9.47 Å². The molecule has 0 amide bonds. The molecule has 1 aliphatic carbocycles. The maximum atomic E-state index is 13.3. The van der Waals surface area contributed by atoms with E-state index in [0.29, 0.717) is 11.4 Å². The second-order valence-corrected chi connectivity index (χ2v) is 10.9. The number of sulfonamides is 1. The third-order valence-electron chi connectivity index (χ3n) is 7.05. The molecule has 0 saturated heterocycles. The van der Waals surface area contributed by atoms with Crippen LogP contribution >= 0.6 is 0 Å². The molecule has 2 N–H and O–H groups in total. The molecule has 1 aliphatic heterocycles. The van der Waals surface area contributed by atoms with E-state index in [1.165, 1.54) is 0 Å². The Balaban J connectivity index is 1.52. The average molecular weight is 491 g/mol. The van der Waals surface area contributed by atoms with E-state index in [2.05, 4.69) is 28.3 Å². The Kier molecular flexibility index (Phi) is 5.97. The Morgan fingerprint density at radius 2 is 1.80 bits per heavy atom. The first-order valence-corrected chi connectivity index (χ1v) is 13.2. The summed E-state index contributed by atoms with van der Waals surface area (Å²) in [7, 11) is -0.445. The summed E-state index contributed by atoms with van der Waals surface area (Å²) in [5, 5.41) is 3.66. The van der Waals surface area contributed by atoms with Gasteiger partial charge in [0.2, 0.25) is 0 Å². The predicted octanol–water partition coefficient (Wildman–Crippen LogP) is 5.95. The molecule has 1 heterocycles. The second kappa shape index (κ2) is 8.96. The van der Waals surface area contributed by atoms with Gasteiger partial charge < -0.3 is 14.8 Å². The van der Waals surface area contributed by atoms with Crippen LogP contribution < -0.4 is 19.5 Å². The zero-order chi connectivity index (χ0) is 24.7. The Morgan fingerprint density at radius 3 is 2.57 bits per heavy atom. The van der Waals surface area contributed by atoms with Crippen molar-refractivity contribution in [1.82, 2.24) is 0 Å². The van der Waals surface area contributed by atoms with Crippen molar-refractivity contribution in [3.8, 4) is 11.5 Å². The molecule has 0 bridgehead atoms. The van der Waals surface area contributed by atoms with E-state index in [9.17, 15) is 8.42 Å². The van der Waals surface area contributed by atoms with Crippen molar-refractivity contribution in [2.45, 2.75) is 37.1 Å². The second-order valence-electron chi connectivity index (χ2n) is 9.23. The molecule has 0 aromatic heterocycles. The number of hydrogen-bond donors (Lipinski definition) is 2. The highest BCUT2D eigenvalue weighted by Crippen LogP contribution is 2.52. The molecule has 3 aromatic rings. The van der Waals surface area contributed by atoms with Gasteiger partial charge in [-0.1, -0.05) is 36.4 Å². The number of rotatable bonds is 6. The zero-order valence-electron chi connectivity index (χ0n) is 20.3. The summed E-state index contributed by atoms with van der Waals surface area (Å²) >= 11 is 0. The van der Waals surface area contributed by atoms with E-state index in [1.54, 1.807) is 20.3 Å². The fourth-order valence-electron chi connectivity index (χ4n) is 5.25. The van der Waals surface area contributed by atoms with Crippen molar-refractivity contribution in [2.75, 3.05) is 24.3 Å². The van der Waals surface area contributed by atoms with E-state index in [0.717, 1.165) is 40.1 Å². The van der Waals surface area contributed by atoms with Crippen molar-refractivity contribution in [2.24, 2.45) is 5.92 Å². The first-order valence-electron chi connectivity index (χ1n) is 11.7. The van der Waals surface area contributed by atoms with Crippen molar-refractivity contribution < 1.29 is 17.9 Å². The molecule has 7 heteroatoms. The lowest BCUT2D eigenvalue weighted by Crippen LogP contribution is -2.29. The highest BCUT2D eigenvalue weighted by Gasteiger charge is 2.40. The van der Waals surface area contributed by atoms with Crippen LogP contribution in [0.3, 0.4) is 0 Å². The summed E-state index contributed by atoms with van der Waals surface area (Å²) in [6.45, 7) is 3.84. The van der Waals surface area contributed by atoms with Gasteiger partial charge in [-0.25, -0.2) is 8.42 Å². The highest BCUT2D eigenvalue weighted by atomic mass is 32.2. The fourth-order valence-corrected chi connectivity index (χ4v) is 6.41. The molecular formula is C28H30N2O4S. The number of benzene rings is 3. The molecule has 182 valence electrons. The largest absolute Gasteiger partial charge is 0.493 e. The van der Waals surface area contributed by atoms with Gasteiger partial charge in [-0.05, 0) is 73.2 Å². The zero-order valence-corrected chi connectivity index (χ0v) is 21.1. The molecule has 0 unspecified atom stereocenters. The highest BCUT2D eigenvalue weighted by molar-refractivity contribution is 7.92. The van der Waals surface area contributed by atoms with Gasteiger partial charge in [0.1, 0.15) is 0 Å². The van der Waals surface area contributed by atoms with Gasteiger partial charge in [0.25, 0.3) is 10.0 Å². The van der Waals surface area contributed by atoms with Crippen LogP contribution in [0.25, 0.3) is 0 Å². The Morgan fingerprint density at radius 1 is 0.971 bits per heavy atom. The van der Waals surface area contributed by atoms with E-state index in [1.807, 2.05) is 56.3 Å². The fraction of sp³-hybridized carbons (Fsp3) is 0.286. The van der Waals surface area contributed by atoms with Crippen LogP contribution in [-0.2, 0) is 10.0 Å². The smallest absolute Gasteiger partial charge is 0.261 e. The molecule has 5 rings (SSSR count). The Hall–Kier alpha value is -3.45. The van der Waals surface area contributed by atoms with Gasteiger partial charge in [0.05, 0.1) is 30.8 Å². The lowest BCUT2D eigenvalue weighted by Gasteiger charge is -2.38. The molecule has 3 atom stereocenters. The van der Waals surface area contributed by atoms with Crippen LogP contribution in [0.15, 0.2) is 71.6 Å². The molecule has 6 nitrogen and oxygen atoms in total. The number of methoxy groups -OCH3 is 2. The maximum absolute atomic E-state index is 13.3. The summed E-state index contributed by atoms with van der Waals surface area (Å²) in [4.78, 5) is 0.260. The van der Waals surface area contributed by atoms with E-state index in [-0.39, 0.29) is 22.8 Å². The van der Waals surface area contributed by atoms with Crippen LogP contribution in [0.1, 0.15) is 40.6 Å². The number of hydrogen-bond acceptors (Lipinski definition) is 5. The molecule has 2 aliphatic rings. The van der Waals surface area contributed by atoms with Crippen molar-refractivity contribution in [1.29, 1.82) is 0 Å². The van der Waals surface area contributed by atoms with Gasteiger partial charge >= 0.3 is 0 Å². The summed E-state index contributed by atoms with van der Waals surface area (Å²) in [5.41, 5.74) is 5.44. The predicted molar refractivity (Wildman–Crippen MR) is 139 cm³/mol. The minimum atomic E-state index is -3.74. The minimum absolute atomic E-state index is 0.00285. The van der Waals surface area contributed by atoms with Crippen LogP contribution in [0.2, 0.25) is 0 Å². The summed E-state index contributed by atoms with van der Waals surface area (Å²) in [6.07, 6.45) is 5.26. The first kappa shape index (κ1) is 23.3. The molecule has 0 saturated carbocycles. The maximum Gasteiger partial charge on any atom is 0.261 e. The number of anilines is 2. The van der Waals surface area contributed by atoms with Gasteiger partial charge in [0.15, 0.2) is 11.5 Å². The minimum Gasteiger partial charge on any atom is -0.493 e. The molecule has 35 heavy (non-hydrogen) atoms. The third kappa shape index (κ3) is 4.14. The Bertz CT molecular complexity index is 1410. The first-order chi connectivity index (χ1) is 16.8. The average Bonchev–Trinajstić information content (AvgIpc) is 3.35. The van der Waals surface area contributed by atoms with Gasteiger partial charge in [-0.3, -0.25) is 4.72 Å². The van der Waals surface area contributed by atoms with Crippen LogP contribution in [0.5, 0.6) is 11.5 Å². The molecule has 3 aromatic carbocycles. The van der Waals surface area contributed by atoms with Crippen LogP contribution in [0.4, 0.5) is 11.4 Å². The quantitative estimate of drug-likeness (QED) is 0.418. The van der Waals surface area contributed by atoms with Gasteiger partial charge in [0, 0.05) is 17.2 Å². The van der Waals surface area contributed by atoms with Crippen molar-refractivity contribution in [3.05, 3.63) is 89.0 Å². The van der Waals surface area contributed by atoms with E-state index >= 15 is 0 Å². The van der Waals surface area contributed by atoms with Gasteiger partial charge in [-0.2, -0.15) is 0 Å². The summed E-state index contributed by atoms with van der Waals surface area (Å²) < 4.78 is 40.6. The number of nitrogens with one attached hydrogen (secondary N) is 2. The summed E-state index contributed by atoms with van der Waals surface area (Å²) in [6, 6.07) is 17.0. The van der Waals surface area contributed by atoms with Crippen LogP contribution in [0, 0.1) is 19.8 Å². The topological polar surface area (TPSA) is 76.7 Å². The number of para-hydroxylation sites is 1. The lowest BCUT2D eigenvalue weighted by atomic mass is 9.77.